The summed E-state index contributed by atoms with van der Waals surface area (Å²) in [6.07, 6.45) is 13.6. The number of nitrogens with zero attached hydrogens (tertiary/aromatic N) is 2. The molecule has 1 fully saturated rings. The van der Waals surface area contributed by atoms with Gasteiger partial charge in [0.2, 0.25) is 0 Å². The Morgan fingerprint density at radius 2 is 1.97 bits per heavy atom. The predicted molar refractivity (Wildman–Crippen MR) is 134 cm³/mol. The highest BCUT2D eigenvalue weighted by Crippen LogP contribution is 2.37. The average Bonchev–Trinajstić information content (AvgIpc) is 2.85. The Hall–Kier alpha value is -3.00. The van der Waals surface area contributed by atoms with Crippen molar-refractivity contribution in [2.45, 2.75) is 64.3 Å². The van der Waals surface area contributed by atoms with Gasteiger partial charge in [-0.15, -0.1) is 0 Å². The molecule has 1 aromatic carbocycles. The number of phenols is 2. The smallest absolute Gasteiger partial charge is 0.342 e. The Morgan fingerprint density at radius 3 is 2.77 bits per heavy atom. The Labute approximate surface area is 210 Å². The van der Waals surface area contributed by atoms with E-state index in [-0.39, 0.29) is 53.5 Å². The van der Waals surface area contributed by atoms with Gasteiger partial charge in [-0.1, -0.05) is 41.9 Å². The van der Waals surface area contributed by atoms with Crippen molar-refractivity contribution < 1.29 is 29.4 Å². The lowest BCUT2D eigenvalue weighted by Gasteiger charge is -2.34. The number of oxime groups is 1. The van der Waals surface area contributed by atoms with Crippen LogP contribution in [0.15, 0.2) is 35.5 Å². The molecule has 0 aliphatic carbocycles. The number of ether oxygens (including phenoxy) is 1. The maximum Gasteiger partial charge on any atom is 0.342 e. The highest BCUT2D eigenvalue weighted by molar-refractivity contribution is 6.33. The van der Waals surface area contributed by atoms with E-state index in [0.717, 1.165) is 44.6 Å². The molecule has 8 nitrogen and oxygen atoms in total. The number of cyclic esters (lactones) is 1. The van der Waals surface area contributed by atoms with Gasteiger partial charge in [-0.3, -0.25) is 4.79 Å². The first-order chi connectivity index (χ1) is 16.9. The first-order valence-corrected chi connectivity index (χ1v) is 12.5. The Kier molecular flexibility index (Phi) is 10.0. The molecule has 0 saturated carbocycles. The summed E-state index contributed by atoms with van der Waals surface area (Å²) in [5.41, 5.74) is 0.415. The van der Waals surface area contributed by atoms with Gasteiger partial charge in [-0.2, -0.15) is 0 Å². The normalized spacial score (nSPS) is 22.6. The van der Waals surface area contributed by atoms with Crippen LogP contribution in [-0.4, -0.2) is 58.5 Å². The number of rotatable bonds is 4. The minimum absolute atomic E-state index is 0.0208. The second kappa shape index (κ2) is 13.2. The topological polar surface area (TPSA) is 109 Å². The minimum atomic E-state index is -0.750. The van der Waals surface area contributed by atoms with Gasteiger partial charge in [0.25, 0.3) is 5.91 Å². The van der Waals surface area contributed by atoms with Crippen LogP contribution in [0.1, 0.15) is 67.8 Å². The number of likely N-dealkylation sites (tertiary alicyclic amines) is 1. The van der Waals surface area contributed by atoms with Crippen LogP contribution >= 0.6 is 11.6 Å². The molecule has 1 atom stereocenters. The maximum atomic E-state index is 12.7. The zero-order valence-corrected chi connectivity index (χ0v) is 20.8. The number of aromatic hydroxyl groups is 2. The van der Waals surface area contributed by atoms with Crippen LogP contribution < -0.4 is 0 Å². The third-order valence-corrected chi connectivity index (χ3v) is 6.59. The van der Waals surface area contributed by atoms with Crippen molar-refractivity contribution in [1.82, 2.24) is 4.90 Å². The second-order valence-electron chi connectivity index (χ2n) is 8.64. The molecule has 1 aromatic rings. The lowest BCUT2D eigenvalue weighted by molar-refractivity contribution is -0.139. The molecule has 1 unspecified atom stereocenters. The number of carbonyl (C=O) groups excluding carboxylic acids is 2. The lowest BCUT2D eigenvalue weighted by Crippen LogP contribution is -2.44. The summed E-state index contributed by atoms with van der Waals surface area (Å²) in [6.45, 7) is 2.73. The molecular weight excluding hydrogens is 472 g/mol. The number of phenolic OH excluding ortho intramolecular Hbond substituents is 2. The fourth-order valence-corrected chi connectivity index (χ4v) is 4.54. The number of allylic oxidation sites excluding steroid dienone is 3. The average molecular weight is 505 g/mol. The SMILES string of the molecule is CCC1CCCCN1C(=O)CO/N=C1\C=C\CC/C=C/CCOC(=O)c2c(O)cc(O)c(Cl)c2C1. The van der Waals surface area contributed by atoms with E-state index in [4.69, 9.17) is 21.2 Å². The van der Waals surface area contributed by atoms with E-state index < -0.39 is 11.7 Å². The van der Waals surface area contributed by atoms with E-state index >= 15 is 0 Å². The van der Waals surface area contributed by atoms with Gasteiger partial charge in [0.1, 0.15) is 17.1 Å². The summed E-state index contributed by atoms with van der Waals surface area (Å²) < 4.78 is 5.29. The Bertz CT molecular complexity index is 1000. The van der Waals surface area contributed by atoms with E-state index in [1.54, 1.807) is 6.08 Å². The molecule has 0 radical (unpaired) electrons. The van der Waals surface area contributed by atoms with Crippen molar-refractivity contribution in [3.8, 4) is 11.5 Å². The molecular formula is C26H33ClN2O6. The number of hydrogen-bond donors (Lipinski definition) is 2. The van der Waals surface area contributed by atoms with Gasteiger partial charge >= 0.3 is 5.97 Å². The summed E-state index contributed by atoms with van der Waals surface area (Å²) in [5, 5.41) is 24.6. The third-order valence-electron chi connectivity index (χ3n) is 6.17. The summed E-state index contributed by atoms with van der Waals surface area (Å²) in [5.74, 6) is -1.67. The van der Waals surface area contributed by atoms with Crippen LogP contribution in [0.2, 0.25) is 5.02 Å². The van der Waals surface area contributed by atoms with Crippen molar-refractivity contribution in [3.63, 3.8) is 0 Å². The molecule has 190 valence electrons. The first kappa shape index (κ1) is 26.6. The molecule has 2 aliphatic heterocycles. The number of halogens is 1. The zero-order valence-electron chi connectivity index (χ0n) is 20.0. The van der Waals surface area contributed by atoms with Gasteiger partial charge in [0, 0.05) is 25.1 Å². The van der Waals surface area contributed by atoms with Gasteiger partial charge in [0.05, 0.1) is 17.3 Å². The highest BCUT2D eigenvalue weighted by Gasteiger charge is 2.26. The summed E-state index contributed by atoms with van der Waals surface area (Å²) in [4.78, 5) is 32.7. The summed E-state index contributed by atoms with van der Waals surface area (Å²) in [6, 6.07) is 1.23. The minimum Gasteiger partial charge on any atom is -0.507 e. The molecule has 0 bridgehead atoms. The van der Waals surface area contributed by atoms with E-state index in [1.165, 1.54) is 0 Å². The fraction of sp³-hybridized carbons (Fsp3) is 0.500. The standard InChI is InChI=1S/C26H33ClN2O6/c1-2-19-12-8-9-13-29(19)23(32)17-35-28-18-11-7-5-3-4-6-10-14-34-26(33)24-20(15-18)25(27)22(31)16-21(24)30/h4,6-7,11,16,19,30-31H,2-3,5,8-10,12-15,17H2,1H3/b6-4+,11-7+,28-18+. The molecule has 1 saturated heterocycles. The predicted octanol–water partition coefficient (Wildman–Crippen LogP) is 4.91. The molecule has 2 heterocycles. The highest BCUT2D eigenvalue weighted by atomic mass is 35.5. The molecule has 0 spiro atoms. The van der Waals surface area contributed by atoms with Crippen molar-refractivity contribution in [2.24, 2.45) is 5.16 Å². The van der Waals surface area contributed by atoms with Crippen molar-refractivity contribution in [1.29, 1.82) is 0 Å². The number of fused-ring (bicyclic) bond motifs is 1. The van der Waals surface area contributed by atoms with Gasteiger partial charge in [-0.25, -0.2) is 4.79 Å². The quantitative estimate of drug-likeness (QED) is 0.342. The van der Waals surface area contributed by atoms with E-state index in [1.807, 2.05) is 23.1 Å². The number of amides is 1. The van der Waals surface area contributed by atoms with Gasteiger partial charge in [-0.05, 0) is 56.6 Å². The number of benzene rings is 1. The van der Waals surface area contributed by atoms with Crippen LogP contribution in [0.5, 0.6) is 11.5 Å². The van der Waals surface area contributed by atoms with Crippen LogP contribution in [0.4, 0.5) is 0 Å². The molecule has 2 N–H and O–H groups in total. The van der Waals surface area contributed by atoms with E-state index in [9.17, 15) is 19.8 Å². The van der Waals surface area contributed by atoms with E-state index in [0.29, 0.717) is 18.7 Å². The molecule has 9 heteroatoms. The maximum absolute atomic E-state index is 12.7. The molecule has 3 rings (SSSR count). The number of carbonyl (C=O) groups is 2. The van der Waals surface area contributed by atoms with Crippen molar-refractivity contribution in [3.05, 3.63) is 46.5 Å². The first-order valence-electron chi connectivity index (χ1n) is 12.1. The van der Waals surface area contributed by atoms with Crippen LogP contribution in [0.3, 0.4) is 0 Å². The Balaban J connectivity index is 1.85. The number of piperidine rings is 1. The van der Waals surface area contributed by atoms with Gasteiger partial charge in [0.15, 0.2) is 6.61 Å². The van der Waals surface area contributed by atoms with Crippen LogP contribution in [0, 0.1) is 0 Å². The third kappa shape index (κ3) is 7.24. The van der Waals surface area contributed by atoms with Crippen LogP contribution in [-0.2, 0) is 20.8 Å². The van der Waals surface area contributed by atoms with Crippen molar-refractivity contribution >= 4 is 29.2 Å². The van der Waals surface area contributed by atoms with Crippen LogP contribution in [0.25, 0.3) is 0 Å². The molecule has 35 heavy (non-hydrogen) atoms. The second-order valence-corrected chi connectivity index (χ2v) is 9.01. The number of esters is 1. The summed E-state index contributed by atoms with van der Waals surface area (Å²) >= 11 is 6.32. The lowest BCUT2D eigenvalue weighted by atomic mass is 9.99. The molecule has 2 aliphatic rings. The monoisotopic (exact) mass is 504 g/mol. The zero-order chi connectivity index (χ0) is 25.2. The van der Waals surface area contributed by atoms with E-state index in [2.05, 4.69) is 12.1 Å². The Morgan fingerprint density at radius 1 is 1.20 bits per heavy atom. The largest absolute Gasteiger partial charge is 0.507 e. The molecule has 0 aromatic heterocycles. The fourth-order valence-electron chi connectivity index (χ4n) is 4.33. The molecule has 1 amide bonds. The van der Waals surface area contributed by atoms with Crippen molar-refractivity contribution in [2.75, 3.05) is 19.8 Å². The summed E-state index contributed by atoms with van der Waals surface area (Å²) in [7, 11) is 0. The number of hydrogen-bond acceptors (Lipinski definition) is 7. The van der Waals surface area contributed by atoms with Gasteiger partial charge < -0.3 is 24.7 Å².